The van der Waals surface area contributed by atoms with Gasteiger partial charge in [-0.25, -0.2) is 4.98 Å². The van der Waals surface area contributed by atoms with Gasteiger partial charge in [-0.3, -0.25) is 4.99 Å². The Morgan fingerprint density at radius 1 is 1.07 bits per heavy atom. The molecule has 0 aliphatic carbocycles. The lowest BCUT2D eigenvalue weighted by atomic mass is 10.1. The van der Waals surface area contributed by atoms with E-state index in [2.05, 4.69) is 59.4 Å². The van der Waals surface area contributed by atoms with Crippen molar-refractivity contribution in [3.63, 3.8) is 0 Å². The van der Waals surface area contributed by atoms with E-state index in [4.69, 9.17) is 0 Å². The Hall–Kier alpha value is -3.29. The van der Waals surface area contributed by atoms with E-state index in [0.717, 1.165) is 39.1 Å². The van der Waals surface area contributed by atoms with Crippen LogP contribution in [0.4, 0.5) is 5.69 Å². The molecule has 0 N–H and O–H groups in total. The second-order valence-corrected chi connectivity index (χ2v) is 7.39. The van der Waals surface area contributed by atoms with E-state index in [1.54, 1.807) is 6.21 Å². The Morgan fingerprint density at radius 2 is 1.86 bits per heavy atom. The van der Waals surface area contributed by atoms with Crippen molar-refractivity contribution in [1.82, 2.24) is 4.98 Å². The third kappa shape index (κ3) is 3.71. The molecule has 1 atom stereocenters. The van der Waals surface area contributed by atoms with E-state index < -0.39 is 5.92 Å². The normalized spacial score (nSPS) is 12.3. The summed E-state index contributed by atoms with van der Waals surface area (Å²) in [5, 5.41) is 14.6. The summed E-state index contributed by atoms with van der Waals surface area (Å²) in [6, 6.07) is 24.9. The number of aliphatic imine (C=N–C) groups is 1. The molecule has 0 spiro atoms. The fourth-order valence-electron chi connectivity index (χ4n) is 3.10. The van der Waals surface area contributed by atoms with Crippen LogP contribution >= 0.6 is 11.3 Å². The summed E-state index contributed by atoms with van der Waals surface area (Å²) in [6.45, 7) is 2.14. The van der Waals surface area contributed by atoms with Gasteiger partial charge in [-0.1, -0.05) is 67.6 Å². The Bertz CT molecular complexity index is 1160. The second kappa shape index (κ2) is 8.16. The third-order valence-electron chi connectivity index (χ3n) is 4.71. The average Bonchev–Trinajstić information content (AvgIpc) is 3.24. The van der Waals surface area contributed by atoms with Crippen LogP contribution < -0.4 is 0 Å². The maximum absolute atomic E-state index is 9.64. The molecule has 0 aliphatic rings. The molecule has 0 fully saturated rings. The monoisotopic (exact) mass is 381 g/mol. The molecule has 136 valence electrons. The van der Waals surface area contributed by atoms with Gasteiger partial charge in [-0.15, -0.1) is 11.3 Å². The van der Waals surface area contributed by atoms with E-state index in [1.165, 1.54) is 16.9 Å². The molecule has 0 saturated heterocycles. The lowest BCUT2D eigenvalue weighted by Gasteiger charge is -2.03. The SMILES string of the molecule is CCc1ccc(-c2csc(C(C#N)C=Nc3cccc4ccccc34)n2)cc1. The first-order valence-corrected chi connectivity index (χ1v) is 10.1. The number of nitrogens with zero attached hydrogens (tertiary/aromatic N) is 3. The van der Waals surface area contributed by atoms with Gasteiger partial charge in [0.1, 0.15) is 10.9 Å². The zero-order valence-electron chi connectivity index (χ0n) is 15.5. The summed E-state index contributed by atoms with van der Waals surface area (Å²) in [7, 11) is 0. The number of nitriles is 1. The maximum atomic E-state index is 9.64. The van der Waals surface area contributed by atoms with Crippen LogP contribution in [0.3, 0.4) is 0 Å². The minimum absolute atomic E-state index is 0.465. The van der Waals surface area contributed by atoms with Gasteiger partial charge in [-0.05, 0) is 23.4 Å². The number of hydrogen-bond donors (Lipinski definition) is 0. The molecule has 0 bridgehead atoms. The Labute approximate surface area is 168 Å². The predicted octanol–water partition coefficient (Wildman–Crippen LogP) is 6.54. The van der Waals surface area contributed by atoms with Crippen molar-refractivity contribution < 1.29 is 0 Å². The van der Waals surface area contributed by atoms with Crippen LogP contribution in [0.15, 0.2) is 77.1 Å². The highest BCUT2D eigenvalue weighted by molar-refractivity contribution is 7.10. The number of rotatable bonds is 5. The van der Waals surface area contributed by atoms with Gasteiger partial charge in [0.25, 0.3) is 0 Å². The summed E-state index contributed by atoms with van der Waals surface area (Å²) in [6.07, 6.45) is 2.72. The summed E-state index contributed by atoms with van der Waals surface area (Å²) in [4.78, 5) is 9.29. The molecule has 3 aromatic carbocycles. The van der Waals surface area contributed by atoms with Gasteiger partial charge in [0, 0.05) is 22.5 Å². The highest BCUT2D eigenvalue weighted by atomic mass is 32.1. The van der Waals surface area contributed by atoms with Crippen LogP contribution in [0.25, 0.3) is 22.0 Å². The number of aryl methyl sites for hydroxylation is 1. The van der Waals surface area contributed by atoms with E-state index in [-0.39, 0.29) is 0 Å². The minimum atomic E-state index is -0.465. The van der Waals surface area contributed by atoms with Gasteiger partial charge in [0.05, 0.1) is 17.5 Å². The van der Waals surface area contributed by atoms with Crippen molar-refractivity contribution in [1.29, 1.82) is 5.26 Å². The molecule has 28 heavy (non-hydrogen) atoms. The molecule has 4 rings (SSSR count). The molecular weight excluding hydrogens is 362 g/mol. The highest BCUT2D eigenvalue weighted by Crippen LogP contribution is 2.28. The molecule has 0 saturated carbocycles. The Morgan fingerprint density at radius 3 is 2.64 bits per heavy atom. The first kappa shape index (κ1) is 18.1. The summed E-state index contributed by atoms with van der Waals surface area (Å²) in [5.74, 6) is -0.465. The second-order valence-electron chi connectivity index (χ2n) is 6.50. The number of aromatic nitrogens is 1. The fourth-order valence-corrected chi connectivity index (χ4v) is 3.93. The summed E-state index contributed by atoms with van der Waals surface area (Å²) >= 11 is 1.50. The molecule has 4 aromatic rings. The van der Waals surface area contributed by atoms with Crippen LogP contribution in [0.2, 0.25) is 0 Å². The lowest BCUT2D eigenvalue weighted by molar-refractivity contribution is 1.12. The molecule has 4 heteroatoms. The molecule has 3 nitrogen and oxygen atoms in total. The summed E-state index contributed by atoms with van der Waals surface area (Å²) < 4.78 is 0. The van der Waals surface area contributed by atoms with Crippen molar-refractivity contribution in [2.24, 2.45) is 4.99 Å². The van der Waals surface area contributed by atoms with Crippen molar-refractivity contribution in [3.8, 4) is 17.3 Å². The van der Waals surface area contributed by atoms with Crippen LogP contribution in [0.5, 0.6) is 0 Å². The summed E-state index contributed by atoms with van der Waals surface area (Å²) in [5.41, 5.74) is 4.14. The molecular formula is C24H19N3S. The molecule has 0 radical (unpaired) electrons. The first-order chi connectivity index (χ1) is 13.8. The first-order valence-electron chi connectivity index (χ1n) is 9.25. The van der Waals surface area contributed by atoms with Gasteiger partial charge in [0.2, 0.25) is 0 Å². The lowest BCUT2D eigenvalue weighted by Crippen LogP contribution is -1.96. The Kier molecular flexibility index (Phi) is 5.27. The molecule has 0 aliphatic heterocycles. The van der Waals surface area contributed by atoms with E-state index in [1.807, 2.05) is 35.7 Å². The number of fused-ring (bicyclic) bond motifs is 1. The molecule has 1 heterocycles. The minimum Gasteiger partial charge on any atom is -0.259 e. The van der Waals surface area contributed by atoms with Gasteiger partial charge >= 0.3 is 0 Å². The zero-order chi connectivity index (χ0) is 19.3. The van der Waals surface area contributed by atoms with Crippen LogP contribution in [-0.4, -0.2) is 11.2 Å². The average molecular weight is 382 g/mol. The quantitative estimate of drug-likeness (QED) is 0.369. The highest BCUT2D eigenvalue weighted by Gasteiger charge is 2.14. The number of benzene rings is 3. The van der Waals surface area contributed by atoms with Gasteiger partial charge in [-0.2, -0.15) is 5.26 Å². The molecule has 0 amide bonds. The van der Waals surface area contributed by atoms with Crippen LogP contribution in [0.1, 0.15) is 23.4 Å². The standard InChI is InChI=1S/C24H19N3S/c1-2-17-10-12-19(13-11-17)23-16-28-24(27-23)20(14-25)15-26-22-9-5-7-18-6-3-4-8-21(18)22/h3-13,15-16,20H,2H2,1H3. The van der Waals surface area contributed by atoms with Crippen LogP contribution in [0, 0.1) is 11.3 Å². The van der Waals surface area contributed by atoms with E-state index >= 15 is 0 Å². The smallest absolute Gasteiger partial charge is 0.133 e. The largest absolute Gasteiger partial charge is 0.259 e. The van der Waals surface area contributed by atoms with Crippen molar-refractivity contribution in [2.75, 3.05) is 0 Å². The van der Waals surface area contributed by atoms with Gasteiger partial charge < -0.3 is 0 Å². The van der Waals surface area contributed by atoms with Crippen molar-refractivity contribution in [3.05, 3.63) is 82.7 Å². The molecule has 1 unspecified atom stereocenters. The fraction of sp³-hybridized carbons (Fsp3) is 0.125. The zero-order valence-corrected chi connectivity index (χ0v) is 16.4. The van der Waals surface area contributed by atoms with Crippen molar-refractivity contribution in [2.45, 2.75) is 19.3 Å². The van der Waals surface area contributed by atoms with Crippen molar-refractivity contribution >= 4 is 34.0 Å². The number of hydrogen-bond acceptors (Lipinski definition) is 4. The van der Waals surface area contributed by atoms with Crippen LogP contribution in [-0.2, 0) is 6.42 Å². The third-order valence-corrected chi connectivity index (χ3v) is 5.64. The van der Waals surface area contributed by atoms with Gasteiger partial charge in [0.15, 0.2) is 0 Å². The van der Waals surface area contributed by atoms with E-state index in [9.17, 15) is 5.26 Å². The topological polar surface area (TPSA) is 49.0 Å². The Balaban J connectivity index is 1.60. The maximum Gasteiger partial charge on any atom is 0.133 e. The van der Waals surface area contributed by atoms with E-state index in [0.29, 0.717) is 0 Å². The number of thiazole rings is 1. The molecule has 1 aromatic heterocycles. The predicted molar refractivity (Wildman–Crippen MR) is 117 cm³/mol.